The first-order valence-electron chi connectivity index (χ1n) is 8.61. The van der Waals surface area contributed by atoms with Crippen LogP contribution in [-0.4, -0.2) is 41.0 Å². The summed E-state index contributed by atoms with van der Waals surface area (Å²) >= 11 is 7.23. The minimum atomic E-state index is -0.214. The van der Waals surface area contributed by atoms with Gasteiger partial charge in [-0.05, 0) is 37.3 Å². The Morgan fingerprint density at radius 3 is 2.96 bits per heavy atom. The van der Waals surface area contributed by atoms with Crippen molar-refractivity contribution in [3.8, 4) is 0 Å². The van der Waals surface area contributed by atoms with Gasteiger partial charge >= 0.3 is 0 Å². The summed E-state index contributed by atoms with van der Waals surface area (Å²) in [7, 11) is 1.58. The van der Waals surface area contributed by atoms with Gasteiger partial charge in [0.25, 0.3) is 5.56 Å². The molecule has 0 saturated carbocycles. The number of benzene rings is 1. The van der Waals surface area contributed by atoms with Crippen LogP contribution in [0, 0.1) is 0 Å². The van der Waals surface area contributed by atoms with Crippen LogP contribution in [0.15, 0.2) is 51.0 Å². The molecule has 1 atom stereocenters. The van der Waals surface area contributed by atoms with Crippen molar-refractivity contribution in [1.82, 2.24) is 14.9 Å². The number of methoxy groups -OCH3 is 1. The predicted molar refractivity (Wildman–Crippen MR) is 109 cm³/mol. The van der Waals surface area contributed by atoms with E-state index in [1.807, 2.05) is 6.92 Å². The van der Waals surface area contributed by atoms with Crippen molar-refractivity contribution in [2.24, 2.45) is 0 Å². The number of fused-ring (bicyclic) bond motifs is 1. The minimum absolute atomic E-state index is 0.105. The van der Waals surface area contributed by atoms with E-state index in [1.165, 1.54) is 16.3 Å². The van der Waals surface area contributed by atoms with E-state index in [-0.39, 0.29) is 29.8 Å². The molecule has 3 aromatic rings. The van der Waals surface area contributed by atoms with E-state index < -0.39 is 0 Å². The number of nitrogens with zero attached hydrogens (tertiary/aromatic N) is 2. The Labute approximate surface area is 171 Å². The summed E-state index contributed by atoms with van der Waals surface area (Å²) in [5.41, 5.74) is 0.276. The number of carbonyl (C=O) groups excluding carboxylic acids is 1. The number of rotatable bonds is 8. The number of nitrogens with one attached hydrogen (secondary N) is 1. The van der Waals surface area contributed by atoms with E-state index in [0.717, 1.165) is 0 Å². The molecular formula is C19H20ClN3O4S. The highest BCUT2D eigenvalue weighted by Gasteiger charge is 2.15. The molecule has 2 aromatic heterocycles. The molecule has 0 bridgehead atoms. The van der Waals surface area contributed by atoms with E-state index in [1.54, 1.807) is 43.7 Å². The summed E-state index contributed by atoms with van der Waals surface area (Å²) in [6, 6.07) is 8.38. The van der Waals surface area contributed by atoms with Crippen LogP contribution in [-0.2, 0) is 16.1 Å². The summed E-state index contributed by atoms with van der Waals surface area (Å²) < 4.78 is 11.9. The predicted octanol–water partition coefficient (Wildman–Crippen LogP) is 2.93. The zero-order valence-corrected chi connectivity index (χ0v) is 17.0. The number of ether oxygens (including phenoxy) is 1. The van der Waals surface area contributed by atoms with Gasteiger partial charge in [-0.3, -0.25) is 14.2 Å². The monoisotopic (exact) mass is 421 g/mol. The van der Waals surface area contributed by atoms with Gasteiger partial charge in [0, 0.05) is 18.2 Å². The molecule has 1 amide bonds. The molecule has 3 rings (SSSR count). The highest BCUT2D eigenvalue weighted by atomic mass is 35.5. The fourth-order valence-corrected chi connectivity index (χ4v) is 3.70. The molecule has 148 valence electrons. The van der Waals surface area contributed by atoms with Crippen molar-refractivity contribution in [3.63, 3.8) is 0 Å². The van der Waals surface area contributed by atoms with Crippen LogP contribution in [0.5, 0.6) is 0 Å². The maximum absolute atomic E-state index is 13.0. The van der Waals surface area contributed by atoms with Crippen molar-refractivity contribution in [2.45, 2.75) is 24.7 Å². The van der Waals surface area contributed by atoms with Gasteiger partial charge in [0.1, 0.15) is 5.76 Å². The Balaban J connectivity index is 1.90. The average Bonchev–Trinajstić information content (AvgIpc) is 3.16. The van der Waals surface area contributed by atoms with Crippen molar-refractivity contribution in [3.05, 3.63) is 57.7 Å². The molecule has 28 heavy (non-hydrogen) atoms. The third-order valence-electron chi connectivity index (χ3n) is 3.93. The van der Waals surface area contributed by atoms with Gasteiger partial charge < -0.3 is 14.5 Å². The lowest BCUT2D eigenvalue weighted by Gasteiger charge is -2.14. The molecule has 7 nitrogen and oxygen atoms in total. The fourth-order valence-electron chi connectivity index (χ4n) is 2.72. The van der Waals surface area contributed by atoms with Crippen molar-refractivity contribution < 1.29 is 13.9 Å². The molecular weight excluding hydrogens is 402 g/mol. The van der Waals surface area contributed by atoms with Gasteiger partial charge in [0.2, 0.25) is 5.91 Å². The van der Waals surface area contributed by atoms with Crippen molar-refractivity contribution in [2.75, 3.05) is 19.5 Å². The second-order valence-corrected chi connectivity index (χ2v) is 7.62. The molecule has 1 unspecified atom stereocenters. The van der Waals surface area contributed by atoms with Gasteiger partial charge in [0.15, 0.2) is 5.16 Å². The summed E-state index contributed by atoms with van der Waals surface area (Å²) in [6.07, 6.45) is 1.55. The van der Waals surface area contributed by atoms with E-state index in [0.29, 0.717) is 33.4 Å². The number of aromatic nitrogens is 2. The minimum Gasteiger partial charge on any atom is -0.467 e. The Morgan fingerprint density at radius 2 is 2.25 bits per heavy atom. The maximum atomic E-state index is 13.0. The molecule has 9 heteroatoms. The first kappa shape index (κ1) is 20.4. The SMILES string of the molecule is COCC(C)NC(=O)CSc1nc2cc(Cl)ccc2c(=O)n1Cc1ccco1. The highest BCUT2D eigenvalue weighted by Crippen LogP contribution is 2.21. The number of furan rings is 1. The number of carbonyl (C=O) groups is 1. The largest absolute Gasteiger partial charge is 0.467 e. The molecule has 0 fully saturated rings. The molecule has 1 aromatic carbocycles. The van der Waals surface area contributed by atoms with Gasteiger partial charge in [-0.2, -0.15) is 0 Å². The zero-order chi connectivity index (χ0) is 20.1. The van der Waals surface area contributed by atoms with E-state index in [2.05, 4.69) is 10.3 Å². The zero-order valence-electron chi connectivity index (χ0n) is 15.5. The molecule has 0 saturated heterocycles. The van der Waals surface area contributed by atoms with Crippen LogP contribution >= 0.6 is 23.4 Å². The smallest absolute Gasteiger partial charge is 0.262 e. The number of hydrogen-bond donors (Lipinski definition) is 1. The average molecular weight is 422 g/mol. The number of thioether (sulfide) groups is 1. The summed E-state index contributed by atoms with van der Waals surface area (Å²) in [4.78, 5) is 29.8. The number of halogens is 1. The molecule has 0 aliphatic rings. The quantitative estimate of drug-likeness (QED) is 0.444. The molecule has 0 radical (unpaired) electrons. The van der Waals surface area contributed by atoms with Crippen LogP contribution in [0.2, 0.25) is 5.02 Å². The second-order valence-electron chi connectivity index (χ2n) is 6.24. The van der Waals surface area contributed by atoms with Gasteiger partial charge in [-0.1, -0.05) is 23.4 Å². The van der Waals surface area contributed by atoms with Crippen LogP contribution in [0.3, 0.4) is 0 Å². The van der Waals surface area contributed by atoms with Gasteiger partial charge in [0.05, 0.1) is 36.1 Å². The van der Waals surface area contributed by atoms with Gasteiger partial charge in [-0.15, -0.1) is 0 Å². The van der Waals surface area contributed by atoms with Crippen molar-refractivity contribution in [1.29, 1.82) is 0 Å². The van der Waals surface area contributed by atoms with Crippen LogP contribution < -0.4 is 10.9 Å². The van der Waals surface area contributed by atoms with Crippen LogP contribution in [0.25, 0.3) is 10.9 Å². The summed E-state index contributed by atoms with van der Waals surface area (Å²) in [6.45, 7) is 2.50. The standard InChI is InChI=1S/C19H20ClN3O4S/c1-12(10-26-2)21-17(24)11-28-19-22-16-8-13(20)5-6-15(16)18(25)23(19)9-14-4-3-7-27-14/h3-8,12H,9-11H2,1-2H3,(H,21,24). The van der Waals surface area contributed by atoms with Crippen LogP contribution in [0.1, 0.15) is 12.7 Å². The lowest BCUT2D eigenvalue weighted by Crippen LogP contribution is -2.36. The van der Waals surface area contributed by atoms with E-state index >= 15 is 0 Å². The third-order valence-corrected chi connectivity index (χ3v) is 5.14. The first-order valence-corrected chi connectivity index (χ1v) is 9.98. The number of amides is 1. The lowest BCUT2D eigenvalue weighted by molar-refractivity contribution is -0.119. The van der Waals surface area contributed by atoms with Crippen molar-refractivity contribution >= 4 is 40.2 Å². The molecule has 2 heterocycles. The summed E-state index contributed by atoms with van der Waals surface area (Å²) in [5.74, 6) is 0.571. The second kappa shape index (κ2) is 9.27. The maximum Gasteiger partial charge on any atom is 0.262 e. The number of hydrogen-bond acceptors (Lipinski definition) is 6. The highest BCUT2D eigenvalue weighted by molar-refractivity contribution is 7.99. The Kier molecular flexibility index (Phi) is 6.77. The normalized spacial score (nSPS) is 12.2. The van der Waals surface area contributed by atoms with E-state index in [9.17, 15) is 9.59 Å². The Bertz CT molecular complexity index is 1020. The van der Waals surface area contributed by atoms with Crippen LogP contribution in [0.4, 0.5) is 0 Å². The molecule has 0 spiro atoms. The molecule has 0 aliphatic carbocycles. The Morgan fingerprint density at radius 1 is 1.43 bits per heavy atom. The topological polar surface area (TPSA) is 86.4 Å². The molecule has 1 N–H and O–H groups in total. The van der Waals surface area contributed by atoms with E-state index in [4.69, 9.17) is 20.8 Å². The Hall–Kier alpha value is -2.29. The first-order chi connectivity index (χ1) is 13.5. The summed E-state index contributed by atoms with van der Waals surface area (Å²) in [5, 5.41) is 4.21. The molecule has 0 aliphatic heterocycles. The lowest BCUT2D eigenvalue weighted by atomic mass is 10.2. The fraction of sp³-hybridized carbons (Fsp3) is 0.316. The van der Waals surface area contributed by atoms with Gasteiger partial charge in [-0.25, -0.2) is 4.98 Å². The third kappa shape index (κ3) is 4.95.